The average molecular weight is 392 g/mol. The predicted molar refractivity (Wildman–Crippen MR) is 116 cm³/mol. The standard InChI is InChI=1S/C20H37BN2O3Si/c1-17(18-7-9-19(10-8-18)21(24)25)23-13-11-22(12-14-23)15-16-26-27(5,6)20(2,3)4/h7-10,17,24-25H,11-16H2,1-6H3. The zero-order valence-electron chi connectivity index (χ0n) is 17.9. The number of piperazine rings is 1. The number of nitrogens with zero attached hydrogens (tertiary/aromatic N) is 2. The molecule has 0 aromatic heterocycles. The number of hydrogen-bond acceptors (Lipinski definition) is 5. The highest BCUT2D eigenvalue weighted by Crippen LogP contribution is 2.36. The Morgan fingerprint density at radius 1 is 1.07 bits per heavy atom. The van der Waals surface area contributed by atoms with Crippen LogP contribution < -0.4 is 5.46 Å². The van der Waals surface area contributed by atoms with Crippen molar-refractivity contribution in [1.82, 2.24) is 9.80 Å². The van der Waals surface area contributed by atoms with Gasteiger partial charge in [0.1, 0.15) is 0 Å². The van der Waals surface area contributed by atoms with Crippen LogP contribution in [-0.2, 0) is 4.43 Å². The molecule has 1 aliphatic rings. The Morgan fingerprint density at radius 3 is 2.11 bits per heavy atom. The highest BCUT2D eigenvalue weighted by molar-refractivity contribution is 6.74. The fraction of sp³-hybridized carbons (Fsp3) is 0.700. The van der Waals surface area contributed by atoms with Crippen molar-refractivity contribution in [3.8, 4) is 0 Å². The van der Waals surface area contributed by atoms with Crippen LogP contribution in [0.1, 0.15) is 39.3 Å². The normalized spacial score (nSPS) is 18.5. The largest absolute Gasteiger partial charge is 0.488 e. The maximum Gasteiger partial charge on any atom is 0.488 e. The molecule has 1 atom stereocenters. The van der Waals surface area contributed by atoms with Crippen LogP contribution >= 0.6 is 0 Å². The summed E-state index contributed by atoms with van der Waals surface area (Å²) in [5.41, 5.74) is 1.76. The second kappa shape index (κ2) is 9.20. The van der Waals surface area contributed by atoms with Crippen LogP contribution in [0.15, 0.2) is 24.3 Å². The molecule has 1 heterocycles. The van der Waals surface area contributed by atoms with Gasteiger partial charge >= 0.3 is 7.12 Å². The van der Waals surface area contributed by atoms with Gasteiger partial charge in [0.15, 0.2) is 8.32 Å². The number of hydrogen-bond donors (Lipinski definition) is 2. The van der Waals surface area contributed by atoms with Crippen LogP contribution in [0.2, 0.25) is 18.1 Å². The van der Waals surface area contributed by atoms with E-state index in [0.717, 1.165) is 39.3 Å². The van der Waals surface area contributed by atoms with Gasteiger partial charge in [0.05, 0.1) is 0 Å². The first-order valence-electron chi connectivity index (χ1n) is 10.1. The molecule has 1 aliphatic heterocycles. The second-order valence-electron chi connectivity index (χ2n) is 9.20. The molecule has 1 aromatic rings. The maximum atomic E-state index is 9.23. The van der Waals surface area contributed by atoms with E-state index in [1.165, 1.54) is 5.56 Å². The molecule has 1 aromatic carbocycles. The molecule has 0 amide bonds. The summed E-state index contributed by atoms with van der Waals surface area (Å²) in [5.74, 6) is 0. The number of rotatable bonds is 7. The molecule has 5 nitrogen and oxygen atoms in total. The van der Waals surface area contributed by atoms with Crippen LogP contribution in [0, 0.1) is 0 Å². The van der Waals surface area contributed by atoms with Crippen LogP contribution in [-0.4, -0.2) is 74.6 Å². The van der Waals surface area contributed by atoms with Crippen LogP contribution in [0.5, 0.6) is 0 Å². The lowest BCUT2D eigenvalue weighted by atomic mass is 9.80. The topological polar surface area (TPSA) is 56.2 Å². The van der Waals surface area contributed by atoms with Crippen molar-refractivity contribution in [3.63, 3.8) is 0 Å². The van der Waals surface area contributed by atoms with Crippen LogP contribution in [0.4, 0.5) is 0 Å². The van der Waals surface area contributed by atoms with Crippen LogP contribution in [0.3, 0.4) is 0 Å². The fourth-order valence-electron chi connectivity index (χ4n) is 3.18. The average Bonchev–Trinajstić information content (AvgIpc) is 2.60. The first-order valence-corrected chi connectivity index (χ1v) is 13.0. The van der Waals surface area contributed by atoms with Crippen molar-refractivity contribution in [2.45, 2.75) is 51.9 Å². The fourth-order valence-corrected chi connectivity index (χ4v) is 4.21. The van der Waals surface area contributed by atoms with Gasteiger partial charge in [-0.1, -0.05) is 45.0 Å². The Kier molecular flexibility index (Phi) is 7.70. The van der Waals surface area contributed by atoms with Gasteiger partial charge in [-0.25, -0.2) is 0 Å². The third-order valence-corrected chi connectivity index (χ3v) is 10.9. The minimum Gasteiger partial charge on any atom is -0.423 e. The van der Waals surface area contributed by atoms with E-state index in [1.54, 1.807) is 12.1 Å². The highest BCUT2D eigenvalue weighted by Gasteiger charge is 2.37. The molecule has 0 bridgehead atoms. The van der Waals surface area contributed by atoms with Crippen molar-refractivity contribution in [2.75, 3.05) is 39.3 Å². The molecule has 1 saturated heterocycles. The Hall–Kier alpha value is -0.698. The summed E-state index contributed by atoms with van der Waals surface area (Å²) in [4.78, 5) is 5.00. The zero-order valence-corrected chi connectivity index (χ0v) is 18.9. The SMILES string of the molecule is CC(c1ccc(B(O)O)cc1)N1CCN(CCO[Si](C)(C)C(C)(C)C)CC1. The van der Waals surface area contributed by atoms with Gasteiger partial charge in [0.25, 0.3) is 0 Å². The van der Waals surface area contributed by atoms with Gasteiger partial charge in [0.2, 0.25) is 0 Å². The molecule has 152 valence electrons. The minimum absolute atomic E-state index is 0.267. The summed E-state index contributed by atoms with van der Waals surface area (Å²) in [6.45, 7) is 19.8. The van der Waals surface area contributed by atoms with Crippen molar-refractivity contribution in [1.29, 1.82) is 0 Å². The molecule has 0 radical (unpaired) electrons. The van der Waals surface area contributed by atoms with E-state index < -0.39 is 15.4 Å². The summed E-state index contributed by atoms with van der Waals surface area (Å²) in [6.07, 6.45) is 0. The zero-order chi connectivity index (χ0) is 20.2. The van der Waals surface area contributed by atoms with E-state index in [4.69, 9.17) is 4.43 Å². The van der Waals surface area contributed by atoms with Gasteiger partial charge in [0, 0.05) is 45.4 Å². The molecule has 0 spiro atoms. The summed E-state index contributed by atoms with van der Waals surface area (Å²) in [7, 11) is -3.05. The summed E-state index contributed by atoms with van der Waals surface area (Å²) in [5, 5.41) is 18.7. The summed E-state index contributed by atoms with van der Waals surface area (Å²) >= 11 is 0. The molecule has 2 rings (SSSR count). The van der Waals surface area contributed by atoms with E-state index >= 15 is 0 Å². The molecule has 0 saturated carbocycles. The monoisotopic (exact) mass is 392 g/mol. The molecular weight excluding hydrogens is 355 g/mol. The van der Waals surface area contributed by atoms with Crippen molar-refractivity contribution in [2.24, 2.45) is 0 Å². The Morgan fingerprint density at radius 2 is 1.63 bits per heavy atom. The van der Waals surface area contributed by atoms with E-state index in [9.17, 15) is 10.0 Å². The van der Waals surface area contributed by atoms with Gasteiger partial charge in [-0.3, -0.25) is 9.80 Å². The van der Waals surface area contributed by atoms with E-state index in [2.05, 4.69) is 50.6 Å². The van der Waals surface area contributed by atoms with E-state index in [0.29, 0.717) is 11.5 Å². The first-order chi connectivity index (χ1) is 12.5. The summed E-state index contributed by atoms with van der Waals surface area (Å²) < 4.78 is 6.31. The van der Waals surface area contributed by atoms with Crippen molar-refractivity contribution in [3.05, 3.63) is 29.8 Å². The Labute approximate surface area is 166 Å². The molecule has 27 heavy (non-hydrogen) atoms. The molecule has 1 fully saturated rings. The highest BCUT2D eigenvalue weighted by atomic mass is 28.4. The number of benzene rings is 1. The Balaban J connectivity index is 1.78. The predicted octanol–water partition coefficient (Wildman–Crippen LogP) is 2.07. The lowest BCUT2D eigenvalue weighted by Crippen LogP contribution is -2.49. The summed E-state index contributed by atoms with van der Waals surface area (Å²) in [6, 6.07) is 7.92. The molecule has 7 heteroatoms. The third-order valence-electron chi connectivity index (χ3n) is 6.35. The smallest absolute Gasteiger partial charge is 0.423 e. The van der Waals surface area contributed by atoms with E-state index in [-0.39, 0.29) is 5.04 Å². The molecule has 0 aliphatic carbocycles. The van der Waals surface area contributed by atoms with Crippen LogP contribution in [0.25, 0.3) is 0 Å². The van der Waals surface area contributed by atoms with Gasteiger partial charge in [-0.15, -0.1) is 0 Å². The second-order valence-corrected chi connectivity index (χ2v) is 14.0. The van der Waals surface area contributed by atoms with Gasteiger partial charge < -0.3 is 14.5 Å². The lowest BCUT2D eigenvalue weighted by molar-refractivity contribution is 0.0900. The Bertz CT molecular complexity index is 582. The van der Waals surface area contributed by atoms with Crippen molar-refractivity contribution < 1.29 is 14.5 Å². The molecular formula is C20H37BN2O3Si. The minimum atomic E-state index is -1.65. The quantitative estimate of drug-likeness (QED) is 0.696. The maximum absolute atomic E-state index is 9.23. The molecule has 1 unspecified atom stereocenters. The molecule has 2 N–H and O–H groups in total. The van der Waals surface area contributed by atoms with Gasteiger partial charge in [-0.2, -0.15) is 0 Å². The van der Waals surface area contributed by atoms with E-state index in [1.807, 2.05) is 12.1 Å². The third kappa shape index (κ3) is 6.14. The first kappa shape index (κ1) is 22.6. The van der Waals surface area contributed by atoms with Crippen molar-refractivity contribution >= 4 is 20.9 Å². The van der Waals surface area contributed by atoms with Gasteiger partial charge in [-0.05, 0) is 36.1 Å². The lowest BCUT2D eigenvalue weighted by Gasteiger charge is -2.40.